The summed E-state index contributed by atoms with van der Waals surface area (Å²) in [6.07, 6.45) is 9.66. The van der Waals surface area contributed by atoms with Gasteiger partial charge in [0.1, 0.15) is 11.3 Å². The Morgan fingerprint density at radius 3 is 2.48 bits per heavy atom. The second-order valence-corrected chi connectivity index (χ2v) is 8.95. The van der Waals surface area contributed by atoms with E-state index in [2.05, 4.69) is 9.88 Å². The summed E-state index contributed by atoms with van der Waals surface area (Å²) >= 11 is 0. The topological polar surface area (TPSA) is 68.5 Å². The van der Waals surface area contributed by atoms with E-state index >= 15 is 0 Å². The van der Waals surface area contributed by atoms with Gasteiger partial charge in [-0.1, -0.05) is 6.42 Å². The van der Waals surface area contributed by atoms with Crippen molar-refractivity contribution in [1.82, 2.24) is 9.88 Å². The van der Waals surface area contributed by atoms with Crippen molar-refractivity contribution in [3.8, 4) is 0 Å². The Bertz CT molecular complexity index is 703. The molecule has 2 N–H and O–H groups in total. The third-order valence-corrected chi connectivity index (χ3v) is 7.76. The van der Waals surface area contributed by atoms with Gasteiger partial charge in [0.05, 0.1) is 0 Å². The molecule has 2 heterocycles. The highest BCUT2D eigenvalue weighted by Crippen LogP contribution is 2.56. The largest absolute Gasteiger partial charge is 0.373 e. The summed E-state index contributed by atoms with van der Waals surface area (Å²) in [5, 5.41) is 0. The minimum absolute atomic E-state index is 0. The highest BCUT2D eigenvalue weighted by atomic mass is 35.5. The summed E-state index contributed by atoms with van der Waals surface area (Å²) in [4.78, 5) is 18.6. The Morgan fingerprint density at radius 2 is 1.89 bits per heavy atom. The average Bonchev–Trinajstić information content (AvgIpc) is 3.25. The smallest absolute Gasteiger partial charge is 0.267 e. The molecule has 5 nitrogen and oxygen atoms in total. The number of halogens is 1. The van der Waals surface area contributed by atoms with Crippen LogP contribution in [0.4, 0.5) is 0 Å². The Balaban J connectivity index is 0.00000180. The van der Waals surface area contributed by atoms with Gasteiger partial charge < -0.3 is 10.5 Å². The third-order valence-electron chi connectivity index (χ3n) is 7.76. The first kappa shape index (κ1) is 19.2. The van der Waals surface area contributed by atoms with E-state index in [-0.39, 0.29) is 18.0 Å². The summed E-state index contributed by atoms with van der Waals surface area (Å²) in [6.45, 7) is 2.23. The van der Waals surface area contributed by atoms with E-state index in [0.29, 0.717) is 17.5 Å². The predicted molar refractivity (Wildman–Crippen MR) is 106 cm³/mol. The van der Waals surface area contributed by atoms with Gasteiger partial charge >= 0.3 is 0 Å². The molecule has 1 aliphatic heterocycles. The van der Waals surface area contributed by atoms with Crippen molar-refractivity contribution >= 4 is 18.3 Å². The van der Waals surface area contributed by atoms with Crippen LogP contribution in [0.15, 0.2) is 18.3 Å². The number of nitrogens with two attached hydrogens (primary N) is 1. The van der Waals surface area contributed by atoms with Crippen LogP contribution in [-0.2, 0) is 10.3 Å². The molecule has 5 rings (SSSR count). The molecule has 1 saturated heterocycles. The van der Waals surface area contributed by atoms with Crippen molar-refractivity contribution in [1.29, 1.82) is 0 Å². The van der Waals surface area contributed by atoms with E-state index in [1.54, 1.807) is 6.20 Å². The molecule has 0 aromatic carbocycles. The second-order valence-electron chi connectivity index (χ2n) is 8.95. The molecule has 1 aromatic heterocycles. The van der Waals surface area contributed by atoms with Gasteiger partial charge in [0.15, 0.2) is 0 Å². The van der Waals surface area contributed by atoms with Crippen LogP contribution in [0, 0.1) is 23.7 Å². The molecule has 3 saturated carbocycles. The summed E-state index contributed by atoms with van der Waals surface area (Å²) in [7, 11) is 1.84. The number of amides is 1. The first-order valence-electron chi connectivity index (χ1n) is 10.2. The lowest BCUT2D eigenvalue weighted by Gasteiger charge is -2.56. The zero-order valence-electron chi connectivity index (χ0n) is 16.0. The Labute approximate surface area is 167 Å². The lowest BCUT2D eigenvalue weighted by Crippen LogP contribution is -2.60. The molecule has 4 aliphatic rings. The van der Waals surface area contributed by atoms with Gasteiger partial charge in [-0.15, -0.1) is 12.4 Å². The van der Waals surface area contributed by atoms with E-state index in [4.69, 9.17) is 10.5 Å². The fraction of sp³-hybridized carbons (Fsp3) is 0.714. The molecule has 1 amide bonds. The van der Waals surface area contributed by atoms with E-state index in [0.717, 1.165) is 36.5 Å². The van der Waals surface area contributed by atoms with E-state index in [1.165, 1.54) is 38.5 Å². The first-order chi connectivity index (χ1) is 12.6. The van der Waals surface area contributed by atoms with Crippen LogP contribution in [0.1, 0.15) is 54.6 Å². The number of carbonyl (C=O) groups excluding carboxylic acids is 1. The van der Waals surface area contributed by atoms with Gasteiger partial charge in [-0.05, 0) is 61.6 Å². The number of carbonyl (C=O) groups is 1. The van der Waals surface area contributed by atoms with Crippen LogP contribution in [0.25, 0.3) is 0 Å². The summed E-state index contributed by atoms with van der Waals surface area (Å²) in [6, 6.07) is 4.69. The molecular formula is C21H30ClN3O2. The maximum atomic E-state index is 11.6. The van der Waals surface area contributed by atoms with Gasteiger partial charge in [-0.25, -0.2) is 0 Å². The minimum atomic E-state index is -0.467. The molecule has 6 heteroatoms. The fourth-order valence-corrected chi connectivity index (χ4v) is 6.48. The molecule has 1 unspecified atom stereocenters. The molecule has 4 fully saturated rings. The number of pyridine rings is 1. The Kier molecular flexibility index (Phi) is 4.98. The average molecular weight is 392 g/mol. The van der Waals surface area contributed by atoms with Crippen molar-refractivity contribution in [2.24, 2.45) is 29.4 Å². The zero-order valence-corrected chi connectivity index (χ0v) is 16.8. The molecule has 6 atom stereocenters. The van der Waals surface area contributed by atoms with Crippen LogP contribution < -0.4 is 5.73 Å². The second kappa shape index (κ2) is 7.02. The lowest BCUT2D eigenvalue weighted by molar-refractivity contribution is -0.174. The van der Waals surface area contributed by atoms with Gasteiger partial charge in [-0.2, -0.15) is 0 Å². The normalized spacial score (nSPS) is 40.1. The SMILES string of the molecule is COC1(c2ccnc(C(N)=O)c2)[C@@H]2CCC[C@H]1CN([C@H]1C[C@H]3C[C@H]3C1)C2.Cl. The van der Waals surface area contributed by atoms with Crippen LogP contribution in [-0.4, -0.2) is 42.0 Å². The number of likely N-dealkylation sites (tertiary alicyclic amines) is 1. The third kappa shape index (κ3) is 2.99. The van der Waals surface area contributed by atoms with Gasteiger partial charge in [0.2, 0.25) is 0 Å². The monoisotopic (exact) mass is 391 g/mol. The van der Waals surface area contributed by atoms with Crippen LogP contribution in [0.2, 0.25) is 0 Å². The van der Waals surface area contributed by atoms with Gasteiger partial charge in [-0.3, -0.25) is 14.7 Å². The number of nitrogens with zero attached hydrogens (tertiary/aromatic N) is 2. The number of primary amides is 1. The molecular weight excluding hydrogens is 362 g/mol. The maximum Gasteiger partial charge on any atom is 0.267 e. The van der Waals surface area contributed by atoms with E-state index in [1.807, 2.05) is 19.2 Å². The standard InChI is InChI=1S/C21H29N3O2.ClH/c1-26-21(15-5-6-23-19(10-15)20(22)25)16-3-2-4-17(21)12-24(11-16)18-8-13-7-14(13)9-18;/h5-6,10,13-14,16-18H,2-4,7-9,11-12H2,1H3,(H2,22,25);1H/t13-,14+,16-,17+,18+,21?;. The van der Waals surface area contributed by atoms with Crippen molar-refractivity contribution in [2.45, 2.75) is 50.2 Å². The number of methoxy groups -OCH3 is 1. The minimum Gasteiger partial charge on any atom is -0.373 e. The number of fused-ring (bicyclic) bond motifs is 3. The van der Waals surface area contributed by atoms with Crippen molar-refractivity contribution in [2.75, 3.05) is 20.2 Å². The Hall–Kier alpha value is -1.17. The molecule has 27 heavy (non-hydrogen) atoms. The number of ether oxygens (including phenoxy) is 1. The number of rotatable bonds is 4. The highest BCUT2D eigenvalue weighted by Gasteiger charge is 2.56. The highest BCUT2D eigenvalue weighted by molar-refractivity contribution is 5.90. The number of aromatic nitrogens is 1. The van der Waals surface area contributed by atoms with Crippen LogP contribution in [0.3, 0.4) is 0 Å². The quantitative estimate of drug-likeness (QED) is 0.856. The van der Waals surface area contributed by atoms with Crippen molar-refractivity contribution in [3.63, 3.8) is 0 Å². The van der Waals surface area contributed by atoms with Gasteiger partial charge in [0.25, 0.3) is 5.91 Å². The number of piperidine rings is 1. The zero-order chi connectivity index (χ0) is 17.9. The first-order valence-corrected chi connectivity index (χ1v) is 10.2. The van der Waals surface area contributed by atoms with Crippen molar-refractivity contribution < 1.29 is 9.53 Å². The molecule has 148 valence electrons. The fourth-order valence-electron chi connectivity index (χ4n) is 6.48. The summed E-state index contributed by atoms with van der Waals surface area (Å²) in [5.74, 6) is 2.52. The molecule has 2 bridgehead atoms. The molecule has 1 aromatic rings. The van der Waals surface area contributed by atoms with Crippen LogP contribution in [0.5, 0.6) is 0 Å². The van der Waals surface area contributed by atoms with Crippen molar-refractivity contribution in [3.05, 3.63) is 29.6 Å². The number of hydrogen-bond acceptors (Lipinski definition) is 4. The Morgan fingerprint density at radius 1 is 1.22 bits per heavy atom. The van der Waals surface area contributed by atoms with Crippen LogP contribution >= 0.6 is 12.4 Å². The maximum absolute atomic E-state index is 11.6. The molecule has 0 spiro atoms. The van der Waals surface area contributed by atoms with E-state index in [9.17, 15) is 4.79 Å². The molecule has 3 aliphatic carbocycles. The molecule has 0 radical (unpaired) electrons. The van der Waals surface area contributed by atoms with Gasteiger partial charge in [0, 0.05) is 44.3 Å². The van der Waals surface area contributed by atoms with E-state index < -0.39 is 5.91 Å². The predicted octanol–water partition coefficient (Wildman–Crippen LogP) is 2.97. The summed E-state index contributed by atoms with van der Waals surface area (Å²) in [5.41, 5.74) is 6.61. The summed E-state index contributed by atoms with van der Waals surface area (Å²) < 4.78 is 6.30. The number of hydrogen-bond donors (Lipinski definition) is 1. The lowest BCUT2D eigenvalue weighted by atomic mass is 9.62.